The zero-order valence-electron chi connectivity index (χ0n) is 13.2. The molecule has 0 saturated carbocycles. The summed E-state index contributed by atoms with van der Waals surface area (Å²) in [6.07, 6.45) is 2.12. The lowest BCUT2D eigenvalue weighted by atomic mass is 10.0. The molecule has 7 nitrogen and oxygen atoms in total. The van der Waals surface area contributed by atoms with Gasteiger partial charge in [0.05, 0.1) is 10.7 Å². The normalized spacial score (nSPS) is 10.3. The minimum absolute atomic E-state index is 0.231. The maximum Gasteiger partial charge on any atom is 0.251 e. The van der Waals surface area contributed by atoms with E-state index in [2.05, 4.69) is 20.7 Å². The Morgan fingerprint density at radius 2 is 2.04 bits per heavy atom. The Labute approximate surface area is 148 Å². The molecule has 3 aromatic rings. The van der Waals surface area contributed by atoms with E-state index in [0.29, 0.717) is 39.9 Å². The second-order valence-corrected chi connectivity index (χ2v) is 5.43. The number of halogens is 1. The third-order valence-corrected chi connectivity index (χ3v) is 3.83. The van der Waals surface area contributed by atoms with Gasteiger partial charge in [0.25, 0.3) is 5.91 Å². The van der Waals surface area contributed by atoms with Crippen molar-refractivity contribution in [3.8, 4) is 17.1 Å². The first-order valence-electron chi connectivity index (χ1n) is 7.38. The maximum atomic E-state index is 12.1. The van der Waals surface area contributed by atoms with E-state index in [0.717, 1.165) is 0 Å². The van der Waals surface area contributed by atoms with Crippen molar-refractivity contribution in [2.24, 2.45) is 0 Å². The summed E-state index contributed by atoms with van der Waals surface area (Å²) in [7, 11) is 1.56. The molecule has 0 unspecified atom stereocenters. The number of carbonyl (C=O) groups excluding carboxylic acids is 2. The molecule has 2 heterocycles. The van der Waals surface area contributed by atoms with E-state index < -0.39 is 0 Å². The molecule has 1 aromatic carbocycles. The standard InChI is InChI=1S/C17H14ClN5O2/c1-19-17(25)12-6-3-2-5-11(12)14-9-15(21-10-24)23(22-14)16-13(18)7-4-8-20-16/h2-10H,1H3,(H,19,25)(H,21,24). The summed E-state index contributed by atoms with van der Waals surface area (Å²) in [5, 5.41) is 10.0. The number of pyridine rings is 1. The Bertz CT molecular complexity index is 938. The summed E-state index contributed by atoms with van der Waals surface area (Å²) in [5.74, 6) is 0.528. The highest BCUT2D eigenvalue weighted by Gasteiger charge is 2.18. The molecule has 8 heteroatoms. The van der Waals surface area contributed by atoms with Crippen LogP contribution in [0, 0.1) is 0 Å². The van der Waals surface area contributed by atoms with Crippen LogP contribution in [0.4, 0.5) is 5.82 Å². The minimum atomic E-state index is -0.231. The van der Waals surface area contributed by atoms with Crippen LogP contribution in [0.15, 0.2) is 48.7 Å². The highest BCUT2D eigenvalue weighted by atomic mass is 35.5. The van der Waals surface area contributed by atoms with Crippen LogP contribution in [-0.2, 0) is 4.79 Å². The van der Waals surface area contributed by atoms with Crippen LogP contribution in [0.1, 0.15) is 10.4 Å². The van der Waals surface area contributed by atoms with Crippen molar-refractivity contribution < 1.29 is 9.59 Å². The quantitative estimate of drug-likeness (QED) is 0.688. The SMILES string of the molecule is CNC(=O)c1ccccc1-c1cc(NC=O)n(-c2ncccc2Cl)n1. The summed E-state index contributed by atoms with van der Waals surface area (Å²) in [5.41, 5.74) is 1.60. The molecular weight excluding hydrogens is 342 g/mol. The lowest BCUT2D eigenvalue weighted by Crippen LogP contribution is -2.18. The van der Waals surface area contributed by atoms with Crippen LogP contribution in [-0.4, -0.2) is 34.1 Å². The Hall–Kier alpha value is -3.19. The number of nitrogens with one attached hydrogen (secondary N) is 2. The van der Waals surface area contributed by atoms with E-state index in [-0.39, 0.29) is 5.91 Å². The van der Waals surface area contributed by atoms with Gasteiger partial charge >= 0.3 is 0 Å². The fourth-order valence-corrected chi connectivity index (χ4v) is 2.61. The summed E-state index contributed by atoms with van der Waals surface area (Å²) >= 11 is 6.19. The average molecular weight is 356 g/mol. The van der Waals surface area contributed by atoms with E-state index in [1.54, 1.807) is 55.7 Å². The highest BCUT2D eigenvalue weighted by molar-refractivity contribution is 6.32. The second kappa shape index (κ2) is 7.14. The van der Waals surface area contributed by atoms with Crippen molar-refractivity contribution in [3.05, 3.63) is 59.2 Å². The number of hydrogen-bond acceptors (Lipinski definition) is 4. The number of nitrogens with zero attached hydrogens (tertiary/aromatic N) is 3. The van der Waals surface area contributed by atoms with Gasteiger partial charge in [0.2, 0.25) is 6.41 Å². The van der Waals surface area contributed by atoms with E-state index >= 15 is 0 Å². The van der Waals surface area contributed by atoms with Crippen LogP contribution in [0.2, 0.25) is 5.02 Å². The molecule has 2 N–H and O–H groups in total. The number of carbonyl (C=O) groups is 2. The van der Waals surface area contributed by atoms with Crippen molar-refractivity contribution >= 4 is 29.7 Å². The van der Waals surface area contributed by atoms with Gasteiger partial charge in [0.15, 0.2) is 5.82 Å². The predicted octanol–water partition coefficient (Wildman–Crippen LogP) is 2.52. The monoisotopic (exact) mass is 355 g/mol. The van der Waals surface area contributed by atoms with Crippen LogP contribution in [0.5, 0.6) is 0 Å². The van der Waals surface area contributed by atoms with Gasteiger partial charge in [-0.1, -0.05) is 29.8 Å². The summed E-state index contributed by atoms with van der Waals surface area (Å²) in [6.45, 7) is 0. The van der Waals surface area contributed by atoms with Crippen LogP contribution in [0.25, 0.3) is 17.1 Å². The van der Waals surface area contributed by atoms with Crippen LogP contribution in [0.3, 0.4) is 0 Å². The molecule has 0 radical (unpaired) electrons. The number of aromatic nitrogens is 3. The van der Waals surface area contributed by atoms with Crippen molar-refractivity contribution in [3.63, 3.8) is 0 Å². The molecule has 0 bridgehead atoms. The number of amides is 2. The lowest BCUT2D eigenvalue weighted by Gasteiger charge is -2.07. The number of hydrogen-bond donors (Lipinski definition) is 2. The van der Waals surface area contributed by atoms with Crippen molar-refractivity contribution in [2.45, 2.75) is 0 Å². The van der Waals surface area contributed by atoms with E-state index in [9.17, 15) is 9.59 Å². The van der Waals surface area contributed by atoms with Crippen molar-refractivity contribution in [1.29, 1.82) is 0 Å². The largest absolute Gasteiger partial charge is 0.355 e. The minimum Gasteiger partial charge on any atom is -0.355 e. The second-order valence-electron chi connectivity index (χ2n) is 5.02. The molecule has 0 aliphatic carbocycles. The molecule has 25 heavy (non-hydrogen) atoms. The van der Waals surface area contributed by atoms with Gasteiger partial charge in [0, 0.05) is 30.4 Å². The maximum absolute atomic E-state index is 12.1. The van der Waals surface area contributed by atoms with E-state index in [1.165, 1.54) is 4.68 Å². The topological polar surface area (TPSA) is 88.9 Å². The molecule has 0 saturated heterocycles. The number of anilines is 1. The van der Waals surface area contributed by atoms with E-state index in [1.807, 2.05) is 0 Å². The highest BCUT2D eigenvalue weighted by Crippen LogP contribution is 2.28. The molecule has 126 valence electrons. The summed E-state index contributed by atoms with van der Waals surface area (Å²) < 4.78 is 1.42. The Morgan fingerprint density at radius 3 is 2.76 bits per heavy atom. The third-order valence-electron chi connectivity index (χ3n) is 3.53. The van der Waals surface area contributed by atoms with Crippen molar-refractivity contribution in [2.75, 3.05) is 12.4 Å². The van der Waals surface area contributed by atoms with Gasteiger partial charge in [-0.25, -0.2) is 4.98 Å². The van der Waals surface area contributed by atoms with Gasteiger partial charge in [-0.15, -0.1) is 0 Å². The predicted molar refractivity (Wildman–Crippen MR) is 94.9 cm³/mol. The zero-order valence-corrected chi connectivity index (χ0v) is 14.0. The van der Waals surface area contributed by atoms with Gasteiger partial charge < -0.3 is 10.6 Å². The van der Waals surface area contributed by atoms with Crippen LogP contribution < -0.4 is 10.6 Å². The first kappa shape index (κ1) is 16.7. The Balaban J connectivity index is 2.17. The zero-order chi connectivity index (χ0) is 17.8. The summed E-state index contributed by atoms with van der Waals surface area (Å²) in [4.78, 5) is 27.2. The molecule has 0 atom stereocenters. The number of rotatable bonds is 5. The Morgan fingerprint density at radius 1 is 1.24 bits per heavy atom. The lowest BCUT2D eigenvalue weighted by molar-refractivity contribution is -0.105. The molecule has 0 fully saturated rings. The molecule has 3 rings (SSSR count). The Kier molecular flexibility index (Phi) is 4.76. The molecule has 2 amide bonds. The molecule has 0 spiro atoms. The third kappa shape index (κ3) is 3.22. The van der Waals surface area contributed by atoms with Gasteiger partial charge in [-0.05, 0) is 18.2 Å². The van der Waals surface area contributed by atoms with Gasteiger partial charge in [0.1, 0.15) is 5.82 Å². The average Bonchev–Trinajstić information content (AvgIpc) is 3.05. The van der Waals surface area contributed by atoms with Crippen LogP contribution >= 0.6 is 11.6 Å². The summed E-state index contributed by atoms with van der Waals surface area (Å²) in [6, 6.07) is 12.1. The van der Waals surface area contributed by atoms with E-state index in [4.69, 9.17) is 11.6 Å². The molecule has 0 aliphatic rings. The van der Waals surface area contributed by atoms with Gasteiger partial charge in [-0.3, -0.25) is 9.59 Å². The number of benzene rings is 1. The smallest absolute Gasteiger partial charge is 0.251 e. The fraction of sp³-hybridized carbons (Fsp3) is 0.0588. The fourth-order valence-electron chi connectivity index (χ4n) is 2.41. The van der Waals surface area contributed by atoms with Gasteiger partial charge in [-0.2, -0.15) is 9.78 Å². The molecule has 0 aliphatic heterocycles. The molecular formula is C17H14ClN5O2. The first-order valence-corrected chi connectivity index (χ1v) is 7.76. The first-order chi connectivity index (χ1) is 12.2. The molecule has 2 aromatic heterocycles. The van der Waals surface area contributed by atoms with Crippen molar-refractivity contribution in [1.82, 2.24) is 20.1 Å².